The van der Waals surface area contributed by atoms with Crippen molar-refractivity contribution in [3.05, 3.63) is 63.2 Å². The fourth-order valence-corrected chi connectivity index (χ4v) is 8.60. The average Bonchev–Trinajstić information content (AvgIpc) is 3.23. The molecule has 2 heterocycles. The van der Waals surface area contributed by atoms with Gasteiger partial charge in [0.2, 0.25) is 0 Å². The Morgan fingerprint density at radius 3 is 2.82 bits per heavy atom. The van der Waals surface area contributed by atoms with Gasteiger partial charge in [0.25, 0.3) is 0 Å². The molecule has 1 nitrogen and oxygen atoms in total. The summed E-state index contributed by atoms with van der Waals surface area (Å²) in [4.78, 5) is 1.54. The number of rotatable bonds is 3. The molecule has 1 atom stereocenters. The van der Waals surface area contributed by atoms with Crippen LogP contribution in [0, 0.1) is 6.92 Å². The molecule has 0 radical (unpaired) electrons. The Hall–Kier alpha value is -1.58. The van der Waals surface area contributed by atoms with E-state index < -0.39 is 8.07 Å². The summed E-state index contributed by atoms with van der Waals surface area (Å²) in [5.41, 5.74) is 3.25. The van der Waals surface area contributed by atoms with Gasteiger partial charge in [-0.05, 0) is 31.0 Å². The minimum absolute atomic E-state index is 0.600. The van der Waals surface area contributed by atoms with Crippen molar-refractivity contribution in [1.82, 2.24) is 0 Å². The van der Waals surface area contributed by atoms with Gasteiger partial charge in [-0.1, -0.05) is 48.7 Å². The van der Waals surface area contributed by atoms with E-state index in [0.717, 1.165) is 17.9 Å². The van der Waals surface area contributed by atoms with E-state index in [9.17, 15) is 0 Å². The third-order valence-corrected chi connectivity index (χ3v) is 10.3. The summed E-state index contributed by atoms with van der Waals surface area (Å²) in [6, 6.07) is 4.13. The average molecular weight is 325 g/mol. The van der Waals surface area contributed by atoms with E-state index in [-0.39, 0.29) is 0 Å². The second-order valence-corrected chi connectivity index (χ2v) is 12.3. The van der Waals surface area contributed by atoms with Gasteiger partial charge in [-0.3, -0.25) is 0 Å². The molecule has 0 aromatic carbocycles. The predicted molar refractivity (Wildman–Crippen MR) is 97.9 cm³/mol. The molecule has 0 saturated heterocycles. The van der Waals surface area contributed by atoms with Crippen molar-refractivity contribution in [2.75, 3.05) is 0 Å². The lowest BCUT2D eigenvalue weighted by atomic mass is 10.1. The third kappa shape index (κ3) is 2.03. The van der Waals surface area contributed by atoms with E-state index in [4.69, 9.17) is 4.42 Å². The molecule has 0 bridgehead atoms. The van der Waals surface area contributed by atoms with Gasteiger partial charge in [0.15, 0.2) is 0 Å². The smallest absolute Gasteiger partial charge is 0.135 e. The molecule has 2 aromatic heterocycles. The van der Waals surface area contributed by atoms with Crippen molar-refractivity contribution < 1.29 is 4.42 Å². The highest BCUT2D eigenvalue weighted by atomic mass is 32.1. The Kier molecular flexibility index (Phi) is 3.17. The maximum atomic E-state index is 5.84. The summed E-state index contributed by atoms with van der Waals surface area (Å²) in [5, 5.41) is 3.93. The summed E-state index contributed by atoms with van der Waals surface area (Å²) in [7, 11) is -1.48. The number of furan rings is 1. The summed E-state index contributed by atoms with van der Waals surface area (Å²) < 4.78 is 5.84. The van der Waals surface area contributed by atoms with Gasteiger partial charge in [0.05, 0.1) is 8.07 Å². The normalized spacial score (nSPS) is 19.8. The lowest BCUT2D eigenvalue weighted by molar-refractivity contribution is 0.548. The fraction of sp³-hybridized carbons (Fsp3) is 0.263. The first-order valence-corrected chi connectivity index (χ1v) is 11.8. The van der Waals surface area contributed by atoms with E-state index in [1.807, 2.05) is 24.3 Å². The van der Waals surface area contributed by atoms with Crippen molar-refractivity contribution in [2.45, 2.75) is 32.0 Å². The second kappa shape index (κ2) is 4.97. The van der Waals surface area contributed by atoms with Crippen LogP contribution in [0.5, 0.6) is 0 Å². The minimum Gasteiger partial charge on any atom is -0.461 e. The molecule has 0 saturated carbocycles. The molecule has 0 spiro atoms. The topological polar surface area (TPSA) is 13.1 Å². The van der Waals surface area contributed by atoms with Crippen LogP contribution in [-0.2, 0) is 0 Å². The Morgan fingerprint density at radius 1 is 1.27 bits per heavy atom. The van der Waals surface area contributed by atoms with Gasteiger partial charge in [0.1, 0.15) is 11.5 Å². The SMILES string of the molecule is Cc1ccc(-c2csc3c2C=CC3[Si](C)(C)C2=CC=CC2)o1. The maximum absolute atomic E-state index is 5.84. The van der Waals surface area contributed by atoms with Crippen molar-refractivity contribution in [2.24, 2.45) is 0 Å². The molecule has 0 N–H and O–H groups in total. The first-order valence-electron chi connectivity index (χ1n) is 7.80. The molecule has 0 aliphatic heterocycles. The van der Waals surface area contributed by atoms with Crippen LogP contribution in [0.25, 0.3) is 17.4 Å². The minimum atomic E-state index is -1.48. The van der Waals surface area contributed by atoms with E-state index in [1.54, 1.807) is 5.20 Å². The quantitative estimate of drug-likeness (QED) is 0.622. The number of aryl methyl sites for hydroxylation is 1. The molecule has 112 valence electrons. The summed E-state index contributed by atoms with van der Waals surface area (Å²) in [6.45, 7) is 7.02. The molecular formula is C19H20OSSi. The van der Waals surface area contributed by atoms with Gasteiger partial charge < -0.3 is 4.42 Å². The summed E-state index contributed by atoms with van der Waals surface area (Å²) in [6.07, 6.45) is 12.8. The molecular weight excluding hydrogens is 304 g/mol. The van der Waals surface area contributed by atoms with Crippen LogP contribution in [0.4, 0.5) is 0 Å². The number of hydrogen-bond acceptors (Lipinski definition) is 2. The standard InChI is InChI=1S/C19H20OSSi/c1-13-8-10-17(20-13)16-12-21-19-15(16)9-11-18(19)22(2,3)14-6-4-5-7-14/h4-6,8-12,18H,7H2,1-3H3. The van der Waals surface area contributed by atoms with Crippen molar-refractivity contribution in [1.29, 1.82) is 0 Å². The highest BCUT2D eigenvalue weighted by Gasteiger charge is 2.39. The Balaban J connectivity index is 1.73. The maximum Gasteiger partial charge on any atom is 0.135 e. The summed E-state index contributed by atoms with van der Waals surface area (Å²) >= 11 is 1.90. The van der Waals surface area contributed by atoms with Crippen molar-refractivity contribution in [3.63, 3.8) is 0 Å². The van der Waals surface area contributed by atoms with E-state index in [1.165, 1.54) is 16.0 Å². The highest BCUT2D eigenvalue weighted by molar-refractivity contribution is 7.12. The van der Waals surface area contributed by atoms with Crippen molar-refractivity contribution >= 4 is 25.5 Å². The largest absolute Gasteiger partial charge is 0.461 e. The number of thiophene rings is 1. The first-order chi connectivity index (χ1) is 10.6. The molecule has 0 amide bonds. The zero-order chi connectivity index (χ0) is 15.3. The Labute approximate surface area is 136 Å². The molecule has 2 aromatic rings. The van der Waals surface area contributed by atoms with Crippen LogP contribution in [0.1, 0.15) is 28.2 Å². The molecule has 2 aliphatic carbocycles. The lowest BCUT2D eigenvalue weighted by Crippen LogP contribution is -2.35. The van der Waals surface area contributed by atoms with E-state index in [2.05, 4.69) is 54.9 Å². The van der Waals surface area contributed by atoms with Crippen LogP contribution < -0.4 is 0 Å². The monoisotopic (exact) mass is 324 g/mol. The van der Waals surface area contributed by atoms with Gasteiger partial charge >= 0.3 is 0 Å². The number of fused-ring (bicyclic) bond motifs is 1. The molecule has 22 heavy (non-hydrogen) atoms. The predicted octanol–water partition coefficient (Wildman–Crippen LogP) is 6.10. The summed E-state index contributed by atoms with van der Waals surface area (Å²) in [5.74, 6) is 1.98. The van der Waals surface area contributed by atoms with Gasteiger partial charge in [-0.25, -0.2) is 0 Å². The lowest BCUT2D eigenvalue weighted by Gasteiger charge is -2.30. The van der Waals surface area contributed by atoms with Gasteiger partial charge in [-0.2, -0.15) is 0 Å². The number of allylic oxidation sites excluding steroid dienone is 5. The highest BCUT2D eigenvalue weighted by Crippen LogP contribution is 2.48. The molecule has 1 unspecified atom stereocenters. The van der Waals surface area contributed by atoms with Crippen molar-refractivity contribution in [3.8, 4) is 11.3 Å². The van der Waals surface area contributed by atoms with Crippen LogP contribution in [0.3, 0.4) is 0 Å². The van der Waals surface area contributed by atoms with Crippen LogP contribution >= 0.6 is 11.3 Å². The molecule has 4 rings (SSSR count). The molecule has 3 heteroatoms. The second-order valence-electron chi connectivity index (χ2n) is 6.72. The van der Waals surface area contributed by atoms with Gasteiger partial charge in [0, 0.05) is 21.4 Å². The zero-order valence-corrected chi connectivity index (χ0v) is 15.0. The Morgan fingerprint density at radius 2 is 2.14 bits per heavy atom. The van der Waals surface area contributed by atoms with Gasteiger partial charge in [-0.15, -0.1) is 11.3 Å². The van der Waals surface area contributed by atoms with E-state index in [0.29, 0.717) is 5.54 Å². The fourth-order valence-electron chi connectivity index (χ4n) is 3.54. The number of hydrogen-bond donors (Lipinski definition) is 0. The van der Waals surface area contributed by atoms with Crippen LogP contribution in [0.2, 0.25) is 13.1 Å². The Bertz CT molecular complexity index is 816. The molecule has 2 aliphatic rings. The van der Waals surface area contributed by atoms with E-state index >= 15 is 0 Å². The van der Waals surface area contributed by atoms with Crippen LogP contribution in [0.15, 0.2) is 51.4 Å². The third-order valence-electron chi connectivity index (χ3n) is 4.98. The first kappa shape index (κ1) is 14.0. The van der Waals surface area contributed by atoms with Crippen LogP contribution in [-0.4, -0.2) is 8.07 Å². The zero-order valence-electron chi connectivity index (χ0n) is 13.2. The molecule has 0 fully saturated rings.